The minimum Gasteiger partial charge on any atom is -0.0683 e. The highest BCUT2D eigenvalue weighted by Gasteiger charge is 2.24. The van der Waals surface area contributed by atoms with Gasteiger partial charge in [-0.3, -0.25) is 0 Å². The average molecular weight is 287 g/mol. The molecule has 20 heavy (non-hydrogen) atoms. The second-order valence-corrected chi connectivity index (χ2v) is 5.31. The lowest BCUT2D eigenvalue weighted by molar-refractivity contribution is 0.182. The molecule has 0 saturated heterocycles. The van der Waals surface area contributed by atoms with Crippen LogP contribution in [0, 0.1) is 17.8 Å². The van der Waals surface area contributed by atoms with Crippen molar-refractivity contribution in [2.75, 3.05) is 0 Å². The molecule has 2 fully saturated rings. The van der Waals surface area contributed by atoms with E-state index in [0.717, 1.165) is 17.8 Å². The summed E-state index contributed by atoms with van der Waals surface area (Å²) in [6.45, 7) is 18.9. The van der Waals surface area contributed by atoms with Crippen molar-refractivity contribution in [3.8, 4) is 0 Å². The second-order valence-electron chi connectivity index (χ2n) is 5.31. The molecule has 0 aromatic carbocycles. The van der Waals surface area contributed by atoms with Gasteiger partial charge in [0.2, 0.25) is 0 Å². The van der Waals surface area contributed by atoms with Gasteiger partial charge in [-0.2, -0.15) is 0 Å². The van der Waals surface area contributed by atoms with Crippen LogP contribution in [0.3, 0.4) is 0 Å². The first-order valence-corrected chi connectivity index (χ1v) is 9.77. The van der Waals surface area contributed by atoms with E-state index in [1.807, 2.05) is 41.5 Å². The standard InChI is InChI=1S/C8H16.C6H12.3C2H6/c1-3-4-8-6-5-7(8)2;1-2-6-4-3-5-6;3*1-2/h7-8H,3-6H2,1-2H3;6H,2-5H2,1H3;3*1-2H3/t7-,8?;;;;/m1..../s1. The van der Waals surface area contributed by atoms with Crippen LogP contribution in [0.1, 0.15) is 114 Å². The van der Waals surface area contributed by atoms with E-state index >= 15 is 0 Å². The minimum atomic E-state index is 1.05. The number of hydrogen-bond donors (Lipinski definition) is 0. The fraction of sp³-hybridized carbons (Fsp3) is 1.00. The van der Waals surface area contributed by atoms with Gasteiger partial charge >= 0.3 is 0 Å². The highest BCUT2D eigenvalue weighted by molar-refractivity contribution is 4.76. The topological polar surface area (TPSA) is 0 Å². The lowest BCUT2D eigenvalue weighted by atomic mass is 9.73. The van der Waals surface area contributed by atoms with Crippen molar-refractivity contribution in [1.82, 2.24) is 0 Å². The Morgan fingerprint density at radius 3 is 1.30 bits per heavy atom. The Kier molecular flexibility index (Phi) is 26.6. The molecule has 2 atom stereocenters. The van der Waals surface area contributed by atoms with E-state index < -0.39 is 0 Å². The van der Waals surface area contributed by atoms with Crippen LogP contribution >= 0.6 is 0 Å². The highest BCUT2D eigenvalue weighted by atomic mass is 14.3. The number of rotatable bonds is 3. The maximum Gasteiger partial charge on any atom is -0.0388 e. The molecule has 0 heteroatoms. The smallest absolute Gasteiger partial charge is 0.0388 e. The summed E-state index contributed by atoms with van der Waals surface area (Å²) in [5.41, 5.74) is 0. The lowest BCUT2D eigenvalue weighted by Gasteiger charge is -2.33. The molecule has 0 aromatic rings. The summed E-state index contributed by atoms with van der Waals surface area (Å²) in [5, 5.41) is 0. The third kappa shape index (κ3) is 13.0. The Balaban J connectivity index is -0.000000215. The summed E-state index contributed by atoms with van der Waals surface area (Å²) in [6.07, 6.45) is 11.8. The summed E-state index contributed by atoms with van der Waals surface area (Å²) in [5.74, 6) is 3.26. The molecule has 2 aliphatic carbocycles. The Bertz CT molecular complexity index is 132. The van der Waals surface area contributed by atoms with Crippen LogP contribution in [0.2, 0.25) is 0 Å². The Morgan fingerprint density at radius 2 is 1.25 bits per heavy atom. The molecule has 1 unspecified atom stereocenters. The van der Waals surface area contributed by atoms with Crippen LogP contribution in [0.25, 0.3) is 0 Å². The molecule has 2 rings (SSSR count). The predicted octanol–water partition coefficient (Wildman–Crippen LogP) is 8.11. The van der Waals surface area contributed by atoms with Crippen LogP contribution in [-0.2, 0) is 0 Å². The molecule has 0 spiro atoms. The first kappa shape index (κ1) is 25.0. The summed E-state index contributed by atoms with van der Waals surface area (Å²) < 4.78 is 0. The van der Waals surface area contributed by atoms with Crippen molar-refractivity contribution in [3.05, 3.63) is 0 Å². The third-order valence-corrected chi connectivity index (χ3v) is 4.26. The molecule has 0 bridgehead atoms. The van der Waals surface area contributed by atoms with Crippen molar-refractivity contribution >= 4 is 0 Å². The third-order valence-electron chi connectivity index (χ3n) is 4.26. The van der Waals surface area contributed by atoms with Gasteiger partial charge in [0, 0.05) is 0 Å². The molecular weight excluding hydrogens is 240 g/mol. The molecular formula is C20H46. The predicted molar refractivity (Wildman–Crippen MR) is 98.5 cm³/mol. The van der Waals surface area contributed by atoms with Gasteiger partial charge in [0.25, 0.3) is 0 Å². The van der Waals surface area contributed by atoms with Crippen LogP contribution in [0.4, 0.5) is 0 Å². The van der Waals surface area contributed by atoms with Crippen molar-refractivity contribution in [3.63, 3.8) is 0 Å². The van der Waals surface area contributed by atoms with E-state index in [1.165, 1.54) is 51.4 Å². The van der Waals surface area contributed by atoms with Gasteiger partial charge in [-0.15, -0.1) is 0 Å². The summed E-state index contributed by atoms with van der Waals surface area (Å²) >= 11 is 0. The molecule has 0 aromatic heterocycles. The maximum absolute atomic E-state index is 2.38. The van der Waals surface area contributed by atoms with Crippen LogP contribution in [0.5, 0.6) is 0 Å². The average Bonchev–Trinajstić information content (AvgIpc) is 2.49. The van der Waals surface area contributed by atoms with Gasteiger partial charge in [-0.05, 0) is 24.2 Å². The maximum atomic E-state index is 2.38. The molecule has 0 radical (unpaired) electrons. The Labute approximate surface area is 132 Å². The molecule has 126 valence electrons. The first-order chi connectivity index (χ1) is 9.77. The first-order valence-electron chi connectivity index (χ1n) is 9.77. The van der Waals surface area contributed by atoms with E-state index in [1.54, 1.807) is 0 Å². The van der Waals surface area contributed by atoms with Crippen molar-refractivity contribution in [2.45, 2.75) is 114 Å². The Morgan fingerprint density at radius 1 is 0.750 bits per heavy atom. The SMILES string of the molecule is CC.CC.CC.CCC1CCC1.CCCC1CC[C@H]1C. The molecule has 0 heterocycles. The second kappa shape index (κ2) is 21.3. The fourth-order valence-electron chi connectivity index (χ4n) is 2.44. The fourth-order valence-corrected chi connectivity index (χ4v) is 2.44. The van der Waals surface area contributed by atoms with Gasteiger partial charge in [-0.25, -0.2) is 0 Å². The van der Waals surface area contributed by atoms with Crippen molar-refractivity contribution < 1.29 is 0 Å². The summed E-state index contributed by atoms with van der Waals surface area (Å²) in [7, 11) is 0. The monoisotopic (exact) mass is 286 g/mol. The zero-order valence-electron chi connectivity index (χ0n) is 16.4. The molecule has 0 aliphatic heterocycles. The minimum absolute atomic E-state index is 1.05. The van der Waals surface area contributed by atoms with Gasteiger partial charge in [-0.1, -0.05) is 107 Å². The van der Waals surface area contributed by atoms with E-state index in [0.29, 0.717) is 0 Å². The van der Waals surface area contributed by atoms with Crippen LogP contribution in [0.15, 0.2) is 0 Å². The van der Waals surface area contributed by atoms with Gasteiger partial charge < -0.3 is 0 Å². The molecule has 0 amide bonds. The van der Waals surface area contributed by atoms with Gasteiger partial charge in [0.05, 0.1) is 0 Å². The largest absolute Gasteiger partial charge is 0.0683 e. The van der Waals surface area contributed by atoms with E-state index in [-0.39, 0.29) is 0 Å². The summed E-state index contributed by atoms with van der Waals surface area (Å²) in [4.78, 5) is 0. The molecule has 0 N–H and O–H groups in total. The molecule has 2 saturated carbocycles. The highest BCUT2D eigenvalue weighted by Crippen LogP contribution is 2.36. The lowest BCUT2D eigenvalue weighted by Crippen LogP contribution is -2.22. The zero-order valence-corrected chi connectivity index (χ0v) is 16.4. The zero-order chi connectivity index (χ0) is 16.4. The van der Waals surface area contributed by atoms with Gasteiger partial charge in [0.1, 0.15) is 0 Å². The number of hydrogen-bond acceptors (Lipinski definition) is 0. The van der Waals surface area contributed by atoms with E-state index in [9.17, 15) is 0 Å². The quantitative estimate of drug-likeness (QED) is 0.491. The van der Waals surface area contributed by atoms with Crippen molar-refractivity contribution in [2.24, 2.45) is 17.8 Å². The van der Waals surface area contributed by atoms with E-state index in [2.05, 4.69) is 20.8 Å². The van der Waals surface area contributed by atoms with Crippen LogP contribution in [-0.4, -0.2) is 0 Å². The van der Waals surface area contributed by atoms with E-state index in [4.69, 9.17) is 0 Å². The molecule has 2 aliphatic rings. The Hall–Kier alpha value is 0. The summed E-state index contributed by atoms with van der Waals surface area (Å²) in [6, 6.07) is 0. The van der Waals surface area contributed by atoms with Crippen LogP contribution < -0.4 is 0 Å². The normalized spacial score (nSPS) is 22.6. The molecule has 0 nitrogen and oxygen atoms in total. The van der Waals surface area contributed by atoms with Gasteiger partial charge in [0.15, 0.2) is 0 Å². The van der Waals surface area contributed by atoms with Crippen molar-refractivity contribution in [1.29, 1.82) is 0 Å².